The molecule has 32 heavy (non-hydrogen) atoms. The molecule has 176 valence electrons. The minimum atomic E-state index is -1.61. The molecule has 0 amide bonds. The molecule has 9 heteroatoms. The Balaban J connectivity index is 2.19. The van der Waals surface area contributed by atoms with Crippen molar-refractivity contribution in [2.45, 2.75) is 77.0 Å². The average Bonchev–Trinajstić information content (AvgIpc) is 3.22. The van der Waals surface area contributed by atoms with Crippen LogP contribution >= 0.6 is 0 Å². The largest absolute Gasteiger partial charge is 0.461 e. The predicted octanol–water partition coefficient (Wildman–Crippen LogP) is 2.23. The van der Waals surface area contributed by atoms with E-state index in [1.807, 2.05) is 0 Å². The summed E-state index contributed by atoms with van der Waals surface area (Å²) in [4.78, 5) is 36.7. The molecule has 3 aliphatic heterocycles. The first-order valence-corrected chi connectivity index (χ1v) is 10.5. The van der Waals surface area contributed by atoms with Gasteiger partial charge in [-0.2, -0.15) is 0 Å². The van der Waals surface area contributed by atoms with Gasteiger partial charge in [0.15, 0.2) is 5.79 Å². The normalized spacial score (nSPS) is 36.3. The molecule has 4 atom stereocenters. The molecular formula is C23H30O9. The van der Waals surface area contributed by atoms with E-state index >= 15 is 0 Å². The van der Waals surface area contributed by atoms with Gasteiger partial charge in [0.2, 0.25) is 0 Å². The second-order valence-electron chi connectivity index (χ2n) is 8.79. The third-order valence-electron chi connectivity index (χ3n) is 6.30. The molecule has 2 bridgehead atoms. The van der Waals surface area contributed by atoms with Crippen LogP contribution in [0.3, 0.4) is 0 Å². The molecule has 3 aliphatic rings. The number of rotatable bonds is 5. The highest BCUT2D eigenvalue weighted by atomic mass is 16.7. The Labute approximate surface area is 187 Å². The summed E-state index contributed by atoms with van der Waals surface area (Å²) in [5.41, 5.74) is -1.88. The Morgan fingerprint density at radius 1 is 1.28 bits per heavy atom. The molecule has 3 rings (SSSR count). The van der Waals surface area contributed by atoms with Crippen molar-refractivity contribution >= 4 is 17.9 Å². The van der Waals surface area contributed by atoms with Crippen molar-refractivity contribution in [3.8, 4) is 0 Å². The first-order valence-electron chi connectivity index (χ1n) is 10.5. The number of hydrogen-bond acceptors (Lipinski definition) is 9. The first kappa shape index (κ1) is 24.2. The van der Waals surface area contributed by atoms with Crippen molar-refractivity contribution in [1.29, 1.82) is 0 Å². The summed E-state index contributed by atoms with van der Waals surface area (Å²) < 4.78 is 28.2. The molecule has 1 N–H and O–H groups in total. The summed E-state index contributed by atoms with van der Waals surface area (Å²) in [6.07, 6.45) is 2.86. The minimum Gasteiger partial charge on any atom is -0.461 e. The zero-order valence-electron chi connectivity index (χ0n) is 19.3. The quantitative estimate of drug-likeness (QED) is 0.382. The van der Waals surface area contributed by atoms with Gasteiger partial charge in [-0.3, -0.25) is 4.79 Å². The molecule has 0 aliphatic carbocycles. The van der Waals surface area contributed by atoms with Gasteiger partial charge < -0.3 is 28.8 Å². The maximum Gasteiger partial charge on any atom is 0.343 e. The van der Waals surface area contributed by atoms with E-state index in [-0.39, 0.29) is 29.9 Å². The number of esters is 3. The van der Waals surface area contributed by atoms with Crippen LogP contribution in [-0.2, 0) is 38.1 Å². The maximum absolute atomic E-state index is 12.7. The van der Waals surface area contributed by atoms with Crippen LogP contribution in [0.15, 0.2) is 34.6 Å². The summed E-state index contributed by atoms with van der Waals surface area (Å²) in [5, 5.41) is 11.5. The van der Waals surface area contributed by atoms with Gasteiger partial charge in [0, 0.05) is 38.0 Å². The fraction of sp³-hybridized carbons (Fsp3) is 0.609. The van der Waals surface area contributed by atoms with Crippen LogP contribution in [0.1, 0.15) is 53.9 Å². The molecule has 0 aromatic heterocycles. The lowest BCUT2D eigenvalue weighted by Gasteiger charge is -2.42. The van der Waals surface area contributed by atoms with Gasteiger partial charge in [-0.1, -0.05) is 6.08 Å². The van der Waals surface area contributed by atoms with Gasteiger partial charge in [-0.05, 0) is 40.2 Å². The highest BCUT2D eigenvalue weighted by Crippen LogP contribution is 2.50. The zero-order valence-corrected chi connectivity index (χ0v) is 19.3. The smallest absolute Gasteiger partial charge is 0.343 e. The molecule has 1 fully saturated rings. The molecule has 0 unspecified atom stereocenters. The maximum atomic E-state index is 12.7. The van der Waals surface area contributed by atoms with Crippen molar-refractivity contribution in [3.63, 3.8) is 0 Å². The van der Waals surface area contributed by atoms with Crippen LogP contribution in [0.2, 0.25) is 0 Å². The van der Waals surface area contributed by atoms with E-state index in [2.05, 4.69) is 0 Å². The average molecular weight is 450 g/mol. The third-order valence-corrected chi connectivity index (χ3v) is 6.30. The molecule has 0 aromatic rings. The molecule has 0 radical (unpaired) electrons. The van der Waals surface area contributed by atoms with Crippen molar-refractivity contribution in [3.05, 3.63) is 34.6 Å². The third kappa shape index (κ3) is 4.24. The molecular weight excluding hydrogens is 420 g/mol. The van der Waals surface area contributed by atoms with Crippen LogP contribution in [0.25, 0.3) is 0 Å². The second kappa shape index (κ2) is 8.46. The molecule has 0 saturated carbocycles. The van der Waals surface area contributed by atoms with Crippen molar-refractivity contribution in [2.24, 2.45) is 0 Å². The van der Waals surface area contributed by atoms with E-state index in [0.29, 0.717) is 18.4 Å². The summed E-state index contributed by atoms with van der Waals surface area (Å²) in [6, 6.07) is 0. The lowest BCUT2D eigenvalue weighted by atomic mass is 9.82. The SMILES string of the molecule is C/C=C(\C)C(=O)O[C@@H]1C[C@@](C)(O)[C@]2(OC)CC[C@@](C)(/C=C3/OC(=O)C(COC(C)=O)=C31)O2. The van der Waals surface area contributed by atoms with Gasteiger partial charge >= 0.3 is 17.9 Å². The van der Waals surface area contributed by atoms with Crippen LogP contribution in [0.5, 0.6) is 0 Å². The Morgan fingerprint density at radius 3 is 2.56 bits per heavy atom. The van der Waals surface area contributed by atoms with E-state index in [1.54, 1.807) is 39.8 Å². The standard InChI is InChI=1S/C23H30O9/c1-7-13(2)19(25)30-17-11-22(5,27)23(28-6)9-8-21(4,32-23)10-16-18(17)15(20(26)31-16)12-29-14(3)24/h7,10,17,27H,8-9,11-12H2,1-6H3/b13-7+,16-10+/t17-,21+,22-,23+/m1/s1. The number of ether oxygens (including phenoxy) is 5. The first-order chi connectivity index (χ1) is 14.9. The fourth-order valence-corrected chi connectivity index (χ4v) is 4.32. The highest BCUT2D eigenvalue weighted by molar-refractivity contribution is 5.96. The van der Waals surface area contributed by atoms with Gasteiger partial charge in [0.05, 0.1) is 11.2 Å². The molecule has 1 saturated heterocycles. The number of hydrogen-bond donors (Lipinski definition) is 1. The summed E-state index contributed by atoms with van der Waals surface area (Å²) in [5.74, 6) is -3.12. The lowest BCUT2D eigenvalue weighted by molar-refractivity contribution is -0.310. The van der Waals surface area contributed by atoms with Crippen molar-refractivity contribution in [2.75, 3.05) is 13.7 Å². The van der Waals surface area contributed by atoms with Crippen LogP contribution in [-0.4, -0.2) is 59.8 Å². The number of methoxy groups -OCH3 is 1. The van der Waals surface area contributed by atoms with Crippen LogP contribution < -0.4 is 0 Å². The Morgan fingerprint density at radius 2 is 1.97 bits per heavy atom. The van der Waals surface area contributed by atoms with Crippen LogP contribution in [0, 0.1) is 0 Å². The molecule has 0 aromatic carbocycles. The molecule has 9 nitrogen and oxygen atoms in total. The summed E-state index contributed by atoms with van der Waals surface area (Å²) >= 11 is 0. The lowest BCUT2D eigenvalue weighted by Crippen LogP contribution is -2.56. The molecule has 0 spiro atoms. The fourth-order valence-electron chi connectivity index (χ4n) is 4.32. The Kier molecular flexibility index (Phi) is 6.38. The molecule has 3 heterocycles. The minimum absolute atomic E-state index is 0.0472. The highest BCUT2D eigenvalue weighted by Gasteiger charge is 2.60. The number of fused-ring (bicyclic) bond motifs is 3. The predicted molar refractivity (Wildman–Crippen MR) is 111 cm³/mol. The van der Waals surface area contributed by atoms with E-state index < -0.39 is 41.0 Å². The second-order valence-corrected chi connectivity index (χ2v) is 8.79. The van der Waals surface area contributed by atoms with Gasteiger partial charge in [0.25, 0.3) is 0 Å². The summed E-state index contributed by atoms with van der Waals surface area (Å²) in [6.45, 7) is 7.50. The van der Waals surface area contributed by atoms with E-state index in [0.717, 1.165) is 0 Å². The van der Waals surface area contributed by atoms with Crippen LogP contribution in [0.4, 0.5) is 0 Å². The number of aliphatic hydroxyl groups is 1. The number of carbonyl (C=O) groups excluding carboxylic acids is 3. The van der Waals surface area contributed by atoms with Crippen molar-refractivity contribution < 1.29 is 43.2 Å². The van der Waals surface area contributed by atoms with Gasteiger partial charge in [-0.25, -0.2) is 9.59 Å². The van der Waals surface area contributed by atoms with Gasteiger partial charge in [0.1, 0.15) is 24.1 Å². The van der Waals surface area contributed by atoms with E-state index in [9.17, 15) is 19.5 Å². The Bertz CT molecular complexity index is 926. The topological polar surface area (TPSA) is 118 Å². The van der Waals surface area contributed by atoms with Gasteiger partial charge in [-0.15, -0.1) is 0 Å². The monoisotopic (exact) mass is 450 g/mol. The number of carbonyl (C=O) groups is 3. The van der Waals surface area contributed by atoms with Crippen molar-refractivity contribution in [1.82, 2.24) is 0 Å². The zero-order chi connectivity index (χ0) is 23.9. The summed E-state index contributed by atoms with van der Waals surface area (Å²) in [7, 11) is 1.45. The van der Waals surface area contributed by atoms with E-state index in [4.69, 9.17) is 23.7 Å². The Hall–Kier alpha value is -2.49. The number of allylic oxidation sites excluding steroid dienone is 1. The van der Waals surface area contributed by atoms with E-state index in [1.165, 1.54) is 14.0 Å².